The van der Waals surface area contributed by atoms with Gasteiger partial charge in [-0.05, 0) is 43.4 Å². The maximum atomic E-state index is 11.8. The number of hydrogen-bond acceptors (Lipinski definition) is 2. The van der Waals surface area contributed by atoms with Crippen molar-refractivity contribution in [1.82, 2.24) is 4.90 Å². The first-order valence-electron chi connectivity index (χ1n) is 6.66. The Labute approximate surface area is 96.8 Å². The van der Waals surface area contributed by atoms with Crippen molar-refractivity contribution in [3.63, 3.8) is 0 Å². The second-order valence-electron chi connectivity index (χ2n) is 5.89. The number of likely N-dealkylation sites (tertiary alicyclic amines) is 1. The molecule has 0 bridgehead atoms. The number of amides is 1. The van der Waals surface area contributed by atoms with Gasteiger partial charge in [0.05, 0.1) is 0 Å². The van der Waals surface area contributed by atoms with Gasteiger partial charge in [-0.25, -0.2) is 0 Å². The molecule has 0 aromatic rings. The molecular formula is C13H21NO2. The summed E-state index contributed by atoms with van der Waals surface area (Å²) in [6.07, 6.45) is 6.09. The van der Waals surface area contributed by atoms with Crippen molar-refractivity contribution in [2.24, 2.45) is 23.7 Å². The number of hydrogen-bond donors (Lipinski definition) is 1. The van der Waals surface area contributed by atoms with Crippen LogP contribution in [0.15, 0.2) is 0 Å². The fraction of sp³-hybridized carbons (Fsp3) is 0.923. The van der Waals surface area contributed by atoms with Crippen molar-refractivity contribution in [2.75, 3.05) is 19.7 Å². The zero-order chi connectivity index (χ0) is 11.1. The summed E-state index contributed by atoms with van der Waals surface area (Å²) in [7, 11) is 0. The van der Waals surface area contributed by atoms with Crippen LogP contribution in [0.4, 0.5) is 0 Å². The molecule has 3 heteroatoms. The van der Waals surface area contributed by atoms with Crippen LogP contribution in [0.5, 0.6) is 0 Å². The van der Waals surface area contributed by atoms with Gasteiger partial charge in [-0.3, -0.25) is 4.79 Å². The molecule has 1 amide bonds. The molecule has 2 aliphatic carbocycles. The first-order chi connectivity index (χ1) is 7.78. The summed E-state index contributed by atoms with van der Waals surface area (Å²) >= 11 is 0. The van der Waals surface area contributed by atoms with Crippen molar-refractivity contribution >= 4 is 5.91 Å². The smallest absolute Gasteiger partial charge is 0.223 e. The van der Waals surface area contributed by atoms with Gasteiger partial charge in [0, 0.05) is 32.0 Å². The third-order valence-corrected chi connectivity index (χ3v) is 4.44. The summed E-state index contributed by atoms with van der Waals surface area (Å²) in [5.41, 5.74) is 0. The lowest BCUT2D eigenvalue weighted by Crippen LogP contribution is -2.33. The molecule has 1 aliphatic heterocycles. The van der Waals surface area contributed by atoms with E-state index >= 15 is 0 Å². The number of carbonyl (C=O) groups is 1. The standard InChI is InChI=1S/C13H21NO2/c15-8-9-5-13(16)14(6-9)7-12(10-1-2-10)11-3-4-11/h9-12,15H,1-8H2. The molecule has 1 unspecified atom stereocenters. The highest BCUT2D eigenvalue weighted by Crippen LogP contribution is 2.49. The normalized spacial score (nSPS) is 30.5. The summed E-state index contributed by atoms with van der Waals surface area (Å²) in [5, 5.41) is 9.10. The van der Waals surface area contributed by atoms with Crippen LogP contribution < -0.4 is 0 Å². The van der Waals surface area contributed by atoms with E-state index in [1.807, 2.05) is 4.90 Å². The van der Waals surface area contributed by atoms with E-state index in [0.717, 1.165) is 30.8 Å². The van der Waals surface area contributed by atoms with Crippen LogP contribution in [0.25, 0.3) is 0 Å². The zero-order valence-electron chi connectivity index (χ0n) is 9.77. The molecule has 0 aromatic carbocycles. The third-order valence-electron chi connectivity index (χ3n) is 4.44. The molecule has 0 radical (unpaired) electrons. The molecule has 1 saturated heterocycles. The fourth-order valence-electron chi connectivity index (χ4n) is 3.14. The summed E-state index contributed by atoms with van der Waals surface area (Å²) in [6.45, 7) is 1.94. The molecule has 0 aromatic heterocycles. The number of nitrogens with zero attached hydrogens (tertiary/aromatic N) is 1. The zero-order valence-corrected chi connectivity index (χ0v) is 9.77. The van der Waals surface area contributed by atoms with Crippen molar-refractivity contribution in [2.45, 2.75) is 32.1 Å². The Morgan fingerprint density at radius 3 is 2.31 bits per heavy atom. The van der Waals surface area contributed by atoms with Crippen molar-refractivity contribution in [3.05, 3.63) is 0 Å². The minimum Gasteiger partial charge on any atom is -0.396 e. The van der Waals surface area contributed by atoms with Crippen LogP contribution in [-0.4, -0.2) is 35.6 Å². The van der Waals surface area contributed by atoms with Gasteiger partial charge in [0.25, 0.3) is 0 Å². The Morgan fingerprint density at radius 1 is 1.25 bits per heavy atom. The molecular weight excluding hydrogens is 202 g/mol. The Kier molecular flexibility index (Phi) is 2.66. The predicted octanol–water partition coefficient (Wildman–Crippen LogP) is 1.26. The van der Waals surface area contributed by atoms with Gasteiger partial charge in [-0.15, -0.1) is 0 Å². The Hall–Kier alpha value is -0.570. The van der Waals surface area contributed by atoms with Gasteiger partial charge < -0.3 is 10.0 Å². The van der Waals surface area contributed by atoms with Crippen LogP contribution >= 0.6 is 0 Å². The molecule has 1 atom stereocenters. The average molecular weight is 223 g/mol. The van der Waals surface area contributed by atoms with E-state index in [1.165, 1.54) is 25.7 Å². The molecule has 3 rings (SSSR count). The fourth-order valence-corrected chi connectivity index (χ4v) is 3.14. The lowest BCUT2D eigenvalue weighted by molar-refractivity contribution is -0.128. The van der Waals surface area contributed by atoms with Gasteiger partial charge in [0.15, 0.2) is 0 Å². The average Bonchev–Trinajstić information content (AvgIpc) is 3.14. The quantitative estimate of drug-likeness (QED) is 0.762. The highest BCUT2D eigenvalue weighted by Gasteiger charge is 2.43. The van der Waals surface area contributed by atoms with E-state index in [4.69, 9.17) is 5.11 Å². The van der Waals surface area contributed by atoms with Gasteiger partial charge >= 0.3 is 0 Å². The first kappa shape index (κ1) is 10.6. The summed E-state index contributed by atoms with van der Waals surface area (Å²) in [5.74, 6) is 3.07. The minimum atomic E-state index is 0.166. The molecule has 2 saturated carbocycles. The number of aliphatic hydroxyl groups is 1. The van der Waals surface area contributed by atoms with Gasteiger partial charge in [-0.1, -0.05) is 0 Å². The third kappa shape index (κ3) is 2.10. The molecule has 0 spiro atoms. The molecule has 3 fully saturated rings. The van der Waals surface area contributed by atoms with E-state index in [-0.39, 0.29) is 18.4 Å². The first-order valence-corrected chi connectivity index (χ1v) is 6.66. The topological polar surface area (TPSA) is 40.5 Å². The summed E-state index contributed by atoms with van der Waals surface area (Å²) in [4.78, 5) is 13.8. The van der Waals surface area contributed by atoms with E-state index in [9.17, 15) is 4.79 Å². The minimum absolute atomic E-state index is 0.166. The van der Waals surface area contributed by atoms with Crippen molar-refractivity contribution < 1.29 is 9.90 Å². The van der Waals surface area contributed by atoms with Gasteiger partial charge in [-0.2, -0.15) is 0 Å². The van der Waals surface area contributed by atoms with Gasteiger partial charge in [0.1, 0.15) is 0 Å². The van der Waals surface area contributed by atoms with E-state index in [0.29, 0.717) is 6.42 Å². The second kappa shape index (κ2) is 4.02. The SMILES string of the molecule is O=C1CC(CO)CN1CC(C1CC1)C1CC1. The number of aliphatic hydroxyl groups excluding tert-OH is 1. The van der Waals surface area contributed by atoms with E-state index < -0.39 is 0 Å². The Balaban J connectivity index is 1.58. The monoisotopic (exact) mass is 223 g/mol. The molecule has 3 aliphatic rings. The van der Waals surface area contributed by atoms with E-state index in [1.54, 1.807) is 0 Å². The molecule has 3 nitrogen and oxygen atoms in total. The lowest BCUT2D eigenvalue weighted by atomic mass is 9.97. The van der Waals surface area contributed by atoms with Crippen LogP contribution in [-0.2, 0) is 4.79 Å². The van der Waals surface area contributed by atoms with Crippen molar-refractivity contribution in [3.8, 4) is 0 Å². The maximum absolute atomic E-state index is 11.8. The van der Waals surface area contributed by atoms with Crippen LogP contribution in [0.3, 0.4) is 0 Å². The van der Waals surface area contributed by atoms with Gasteiger partial charge in [0.2, 0.25) is 5.91 Å². The lowest BCUT2D eigenvalue weighted by Gasteiger charge is -2.24. The number of rotatable bonds is 5. The molecule has 16 heavy (non-hydrogen) atoms. The van der Waals surface area contributed by atoms with Crippen LogP contribution in [0, 0.1) is 23.7 Å². The highest BCUT2D eigenvalue weighted by atomic mass is 16.3. The predicted molar refractivity (Wildman–Crippen MR) is 60.7 cm³/mol. The van der Waals surface area contributed by atoms with Crippen molar-refractivity contribution in [1.29, 1.82) is 0 Å². The Bertz CT molecular complexity index is 272. The highest BCUT2D eigenvalue weighted by molar-refractivity contribution is 5.78. The van der Waals surface area contributed by atoms with Crippen LogP contribution in [0.1, 0.15) is 32.1 Å². The maximum Gasteiger partial charge on any atom is 0.223 e. The second-order valence-corrected chi connectivity index (χ2v) is 5.89. The molecule has 1 N–H and O–H groups in total. The van der Waals surface area contributed by atoms with E-state index in [2.05, 4.69) is 0 Å². The Morgan fingerprint density at radius 2 is 1.88 bits per heavy atom. The largest absolute Gasteiger partial charge is 0.396 e. The summed E-state index contributed by atoms with van der Waals surface area (Å²) < 4.78 is 0. The molecule has 1 heterocycles. The van der Waals surface area contributed by atoms with Crippen LogP contribution in [0.2, 0.25) is 0 Å². The summed E-state index contributed by atoms with van der Waals surface area (Å²) in [6, 6.07) is 0. The molecule has 90 valence electrons. The number of carbonyl (C=O) groups excluding carboxylic acids is 1.